The van der Waals surface area contributed by atoms with Gasteiger partial charge in [0, 0.05) is 6.07 Å². The first-order valence-corrected chi connectivity index (χ1v) is 6.28. The number of benzene rings is 1. The standard InChI is InChI=1S/C13H11Cl2NO4/c1-18-9-5-7(15)12(19-2)10-6(14)4-8(13(17)20-3)16-11(9)10/h4-5H,1-3H3. The molecule has 0 bridgehead atoms. The van der Waals surface area contributed by atoms with Crippen LogP contribution in [0.15, 0.2) is 12.1 Å². The molecular formula is C13H11Cl2NO4. The maximum absolute atomic E-state index is 11.6. The lowest BCUT2D eigenvalue weighted by atomic mass is 10.1. The molecule has 1 aromatic carbocycles. The number of halogens is 2. The number of hydrogen-bond donors (Lipinski definition) is 0. The molecule has 2 rings (SSSR count). The molecule has 20 heavy (non-hydrogen) atoms. The van der Waals surface area contributed by atoms with E-state index in [9.17, 15) is 4.79 Å². The number of fused-ring (bicyclic) bond motifs is 1. The largest absolute Gasteiger partial charge is 0.494 e. The minimum absolute atomic E-state index is 0.0766. The summed E-state index contributed by atoms with van der Waals surface area (Å²) >= 11 is 12.3. The van der Waals surface area contributed by atoms with Crippen molar-refractivity contribution < 1.29 is 19.0 Å². The van der Waals surface area contributed by atoms with Gasteiger partial charge in [-0.3, -0.25) is 0 Å². The van der Waals surface area contributed by atoms with Gasteiger partial charge in [-0.15, -0.1) is 0 Å². The number of methoxy groups -OCH3 is 3. The molecule has 0 saturated heterocycles. The number of hydrogen-bond acceptors (Lipinski definition) is 5. The lowest BCUT2D eigenvalue weighted by molar-refractivity contribution is 0.0594. The molecular weight excluding hydrogens is 305 g/mol. The summed E-state index contributed by atoms with van der Waals surface area (Å²) < 4.78 is 15.1. The topological polar surface area (TPSA) is 57.7 Å². The molecule has 0 aliphatic rings. The van der Waals surface area contributed by atoms with E-state index >= 15 is 0 Å². The van der Waals surface area contributed by atoms with E-state index in [-0.39, 0.29) is 10.7 Å². The highest BCUT2D eigenvalue weighted by Gasteiger charge is 2.20. The van der Waals surface area contributed by atoms with Gasteiger partial charge in [0.1, 0.15) is 17.0 Å². The number of rotatable bonds is 3. The first kappa shape index (κ1) is 14.7. The molecule has 0 amide bonds. The van der Waals surface area contributed by atoms with Crippen LogP contribution in [0.3, 0.4) is 0 Å². The number of pyridine rings is 1. The van der Waals surface area contributed by atoms with Crippen molar-refractivity contribution in [3.05, 3.63) is 27.9 Å². The Morgan fingerprint density at radius 2 is 1.80 bits per heavy atom. The molecule has 0 fully saturated rings. The van der Waals surface area contributed by atoms with Crippen molar-refractivity contribution >= 4 is 40.1 Å². The molecule has 0 unspecified atom stereocenters. The fourth-order valence-corrected chi connectivity index (χ4v) is 2.39. The van der Waals surface area contributed by atoms with Gasteiger partial charge in [-0.05, 0) is 6.07 Å². The minimum atomic E-state index is -0.593. The van der Waals surface area contributed by atoms with Crippen LogP contribution in [0.25, 0.3) is 10.9 Å². The molecule has 0 radical (unpaired) electrons. The van der Waals surface area contributed by atoms with Crippen LogP contribution in [0.2, 0.25) is 10.0 Å². The number of esters is 1. The summed E-state index contributed by atoms with van der Waals surface area (Å²) in [5, 5.41) is 1.09. The van der Waals surface area contributed by atoms with Crippen molar-refractivity contribution in [2.24, 2.45) is 0 Å². The maximum Gasteiger partial charge on any atom is 0.356 e. The second kappa shape index (κ2) is 5.73. The SMILES string of the molecule is COC(=O)c1cc(Cl)c2c(OC)c(Cl)cc(OC)c2n1. The molecule has 1 heterocycles. The van der Waals surface area contributed by atoms with Gasteiger partial charge in [0.05, 0.1) is 36.8 Å². The zero-order valence-corrected chi connectivity index (χ0v) is 12.5. The third kappa shape index (κ3) is 2.34. The Hall–Kier alpha value is -1.72. The predicted octanol–water partition coefficient (Wildman–Crippen LogP) is 3.35. The Balaban J connectivity index is 2.88. The van der Waals surface area contributed by atoms with Crippen LogP contribution in [-0.2, 0) is 4.74 Å². The number of carbonyl (C=O) groups is 1. The van der Waals surface area contributed by atoms with Gasteiger partial charge < -0.3 is 14.2 Å². The second-order valence-corrected chi connectivity index (χ2v) is 4.61. The average Bonchev–Trinajstić information content (AvgIpc) is 2.45. The van der Waals surface area contributed by atoms with Crippen LogP contribution in [0.4, 0.5) is 0 Å². The van der Waals surface area contributed by atoms with Crippen LogP contribution in [-0.4, -0.2) is 32.3 Å². The van der Waals surface area contributed by atoms with E-state index in [1.54, 1.807) is 6.07 Å². The Labute approximate surface area is 125 Å². The zero-order valence-electron chi connectivity index (χ0n) is 11.0. The van der Waals surface area contributed by atoms with Crippen molar-refractivity contribution in [2.75, 3.05) is 21.3 Å². The van der Waals surface area contributed by atoms with Crippen molar-refractivity contribution in [1.29, 1.82) is 0 Å². The quantitative estimate of drug-likeness (QED) is 0.813. The van der Waals surface area contributed by atoms with E-state index in [0.717, 1.165) is 0 Å². The molecule has 0 aliphatic carbocycles. The lowest BCUT2D eigenvalue weighted by Gasteiger charge is -2.13. The van der Waals surface area contributed by atoms with Gasteiger partial charge in [-0.1, -0.05) is 23.2 Å². The monoisotopic (exact) mass is 315 g/mol. The Bertz CT molecular complexity index is 688. The molecule has 0 atom stereocenters. The summed E-state index contributed by atoms with van der Waals surface area (Å²) in [5.74, 6) is 0.166. The van der Waals surface area contributed by atoms with Crippen LogP contribution in [0.5, 0.6) is 11.5 Å². The van der Waals surface area contributed by atoms with E-state index in [0.29, 0.717) is 27.4 Å². The highest BCUT2D eigenvalue weighted by atomic mass is 35.5. The summed E-state index contributed by atoms with van der Waals surface area (Å²) in [5.41, 5.74) is 0.453. The van der Waals surface area contributed by atoms with Crippen LogP contribution in [0, 0.1) is 0 Å². The van der Waals surface area contributed by atoms with Gasteiger partial charge in [-0.2, -0.15) is 0 Å². The fraction of sp³-hybridized carbons (Fsp3) is 0.231. The average molecular weight is 316 g/mol. The molecule has 2 aromatic rings. The molecule has 0 aliphatic heterocycles. The van der Waals surface area contributed by atoms with E-state index in [1.807, 2.05) is 0 Å². The summed E-state index contributed by atoms with van der Waals surface area (Å²) in [6.45, 7) is 0. The molecule has 5 nitrogen and oxygen atoms in total. The first-order valence-electron chi connectivity index (χ1n) is 5.52. The molecule has 106 valence electrons. The van der Waals surface area contributed by atoms with E-state index in [1.165, 1.54) is 27.4 Å². The van der Waals surface area contributed by atoms with Gasteiger partial charge >= 0.3 is 5.97 Å². The predicted molar refractivity (Wildman–Crippen MR) is 76.2 cm³/mol. The highest BCUT2D eigenvalue weighted by Crippen LogP contribution is 2.42. The minimum Gasteiger partial charge on any atom is -0.494 e. The van der Waals surface area contributed by atoms with Gasteiger partial charge in [0.15, 0.2) is 5.69 Å². The molecule has 0 spiro atoms. The van der Waals surface area contributed by atoms with E-state index < -0.39 is 5.97 Å². The normalized spacial score (nSPS) is 10.4. The van der Waals surface area contributed by atoms with Crippen molar-refractivity contribution in [3.8, 4) is 11.5 Å². The van der Waals surface area contributed by atoms with Crippen molar-refractivity contribution in [2.45, 2.75) is 0 Å². The summed E-state index contributed by atoms with van der Waals surface area (Å²) in [7, 11) is 4.21. The summed E-state index contributed by atoms with van der Waals surface area (Å²) in [4.78, 5) is 15.8. The van der Waals surface area contributed by atoms with E-state index in [2.05, 4.69) is 9.72 Å². The number of carbonyl (C=O) groups excluding carboxylic acids is 1. The van der Waals surface area contributed by atoms with Crippen LogP contribution < -0.4 is 9.47 Å². The van der Waals surface area contributed by atoms with Crippen molar-refractivity contribution in [1.82, 2.24) is 4.98 Å². The Morgan fingerprint density at radius 1 is 1.10 bits per heavy atom. The molecule has 0 saturated carbocycles. The first-order chi connectivity index (χ1) is 9.53. The third-order valence-corrected chi connectivity index (χ3v) is 3.30. The second-order valence-electron chi connectivity index (χ2n) is 3.80. The van der Waals surface area contributed by atoms with E-state index in [4.69, 9.17) is 32.7 Å². The molecule has 0 N–H and O–H groups in total. The van der Waals surface area contributed by atoms with Crippen LogP contribution in [0.1, 0.15) is 10.5 Å². The smallest absolute Gasteiger partial charge is 0.356 e. The number of aromatic nitrogens is 1. The van der Waals surface area contributed by atoms with Gasteiger partial charge in [-0.25, -0.2) is 9.78 Å². The maximum atomic E-state index is 11.6. The number of ether oxygens (including phenoxy) is 3. The highest BCUT2D eigenvalue weighted by molar-refractivity contribution is 6.39. The van der Waals surface area contributed by atoms with Gasteiger partial charge in [0.25, 0.3) is 0 Å². The Kier molecular flexibility index (Phi) is 4.20. The zero-order chi connectivity index (χ0) is 14.9. The Morgan fingerprint density at radius 3 is 2.35 bits per heavy atom. The third-order valence-electron chi connectivity index (χ3n) is 2.73. The van der Waals surface area contributed by atoms with Crippen molar-refractivity contribution in [3.63, 3.8) is 0 Å². The lowest BCUT2D eigenvalue weighted by Crippen LogP contribution is -2.05. The van der Waals surface area contributed by atoms with Crippen LogP contribution >= 0.6 is 23.2 Å². The summed E-state index contributed by atoms with van der Waals surface area (Å²) in [6, 6.07) is 2.95. The summed E-state index contributed by atoms with van der Waals surface area (Å²) in [6.07, 6.45) is 0. The van der Waals surface area contributed by atoms with Gasteiger partial charge in [0.2, 0.25) is 0 Å². The number of nitrogens with zero attached hydrogens (tertiary/aromatic N) is 1. The molecule has 1 aromatic heterocycles. The fourth-order valence-electron chi connectivity index (χ4n) is 1.84. The molecule has 7 heteroatoms.